The number of pyridine rings is 1. The number of aromatic hydroxyl groups is 1. The van der Waals surface area contributed by atoms with Gasteiger partial charge in [-0.1, -0.05) is 42.1 Å². The fourth-order valence-corrected chi connectivity index (χ4v) is 5.77. The van der Waals surface area contributed by atoms with Crippen molar-refractivity contribution in [2.75, 3.05) is 0 Å². The van der Waals surface area contributed by atoms with E-state index >= 15 is 0 Å². The summed E-state index contributed by atoms with van der Waals surface area (Å²) in [6.45, 7) is 0. The number of nitrogens with zero attached hydrogens (tertiary/aromatic N) is 1. The summed E-state index contributed by atoms with van der Waals surface area (Å²) in [5, 5.41) is 11.1. The van der Waals surface area contributed by atoms with Crippen LogP contribution in [-0.2, 0) is 12.8 Å². The number of fused-ring (bicyclic) bond motifs is 5. The van der Waals surface area contributed by atoms with Crippen molar-refractivity contribution in [2.24, 2.45) is 0 Å². The summed E-state index contributed by atoms with van der Waals surface area (Å²) >= 11 is 0.818. The van der Waals surface area contributed by atoms with E-state index in [9.17, 15) is 23.5 Å². The maximum Gasteiger partial charge on any atom is 0.354 e. The molecule has 0 saturated heterocycles. The summed E-state index contributed by atoms with van der Waals surface area (Å²) < 4.78 is 35.4. The summed E-state index contributed by atoms with van der Waals surface area (Å²) in [6, 6.07) is 18.9. The van der Waals surface area contributed by atoms with Gasteiger partial charge in [0.25, 0.3) is 5.56 Å². The van der Waals surface area contributed by atoms with Crippen molar-refractivity contribution < 1.29 is 18.3 Å². The number of para-hydroxylation sites is 1. The van der Waals surface area contributed by atoms with Crippen LogP contribution in [0.2, 0.25) is 0 Å². The van der Waals surface area contributed by atoms with Crippen LogP contribution in [0.15, 0.2) is 96.6 Å². The van der Waals surface area contributed by atoms with Crippen LogP contribution in [0, 0.1) is 11.6 Å². The van der Waals surface area contributed by atoms with Crippen LogP contribution in [0.3, 0.4) is 0 Å². The number of benzene rings is 3. The molecule has 0 fully saturated rings. The van der Waals surface area contributed by atoms with E-state index in [1.807, 2.05) is 6.07 Å². The molecule has 0 atom stereocenters. The number of hydrogen-bond acceptors (Lipinski definition) is 5. The van der Waals surface area contributed by atoms with Crippen molar-refractivity contribution >= 4 is 22.7 Å². The van der Waals surface area contributed by atoms with Crippen molar-refractivity contribution in [2.45, 2.75) is 29.1 Å². The molecule has 6 rings (SSSR count). The van der Waals surface area contributed by atoms with Gasteiger partial charge < -0.3 is 9.52 Å². The lowest BCUT2D eigenvalue weighted by Gasteiger charge is -2.20. The Labute approximate surface area is 213 Å². The first kappa shape index (κ1) is 23.2. The minimum absolute atomic E-state index is 0.0182. The Morgan fingerprint density at radius 1 is 0.892 bits per heavy atom. The van der Waals surface area contributed by atoms with Gasteiger partial charge >= 0.3 is 5.63 Å². The quantitative estimate of drug-likeness (QED) is 0.308. The Balaban J connectivity index is 1.73. The molecule has 5 aromatic rings. The Bertz CT molecular complexity index is 1810. The molecule has 1 aliphatic rings. The van der Waals surface area contributed by atoms with Gasteiger partial charge in [-0.15, -0.1) is 0 Å². The fourth-order valence-electron chi connectivity index (χ4n) is 4.89. The summed E-state index contributed by atoms with van der Waals surface area (Å²) in [5.74, 6) is -1.48. The number of rotatable bonds is 3. The Hall–Kier alpha value is -4.17. The molecule has 0 spiro atoms. The van der Waals surface area contributed by atoms with E-state index in [1.54, 1.807) is 36.4 Å². The molecule has 184 valence electrons. The number of hydrogen-bond donors (Lipinski definition) is 1. The molecule has 3 aromatic carbocycles. The lowest BCUT2D eigenvalue weighted by Crippen LogP contribution is -2.23. The molecule has 1 aliphatic carbocycles. The molecule has 37 heavy (non-hydrogen) atoms. The minimum atomic E-state index is -0.845. The first-order valence-electron chi connectivity index (χ1n) is 11.7. The molecule has 5 nitrogen and oxygen atoms in total. The highest BCUT2D eigenvalue weighted by Crippen LogP contribution is 2.41. The maximum absolute atomic E-state index is 14.5. The van der Waals surface area contributed by atoms with Crippen molar-refractivity contribution in [1.82, 2.24) is 4.57 Å². The second kappa shape index (κ2) is 9.05. The van der Waals surface area contributed by atoms with Gasteiger partial charge in [0.05, 0.1) is 5.69 Å². The van der Waals surface area contributed by atoms with Crippen LogP contribution >= 0.6 is 11.8 Å². The topological polar surface area (TPSA) is 72.4 Å². The minimum Gasteiger partial charge on any atom is -0.505 e. The zero-order valence-corrected chi connectivity index (χ0v) is 20.1. The Morgan fingerprint density at radius 2 is 1.68 bits per heavy atom. The Morgan fingerprint density at radius 3 is 2.46 bits per heavy atom. The van der Waals surface area contributed by atoms with E-state index in [0.717, 1.165) is 17.3 Å². The zero-order chi connectivity index (χ0) is 25.7. The predicted molar refractivity (Wildman–Crippen MR) is 138 cm³/mol. The molecule has 2 heterocycles. The van der Waals surface area contributed by atoms with Crippen molar-refractivity contribution in [3.05, 3.63) is 116 Å². The molecule has 0 amide bonds. The van der Waals surface area contributed by atoms with Gasteiger partial charge in [-0.05, 0) is 67.3 Å². The van der Waals surface area contributed by atoms with Crippen LogP contribution in [0.5, 0.6) is 5.75 Å². The summed E-state index contributed by atoms with van der Waals surface area (Å²) in [6.07, 6.45) is 1.74. The lowest BCUT2D eigenvalue weighted by molar-refractivity contribution is 0.445. The van der Waals surface area contributed by atoms with Crippen molar-refractivity contribution in [1.29, 1.82) is 0 Å². The van der Waals surface area contributed by atoms with Crippen LogP contribution in [0.4, 0.5) is 8.78 Å². The fraction of sp³-hybridized carbons (Fsp3) is 0.103. The van der Waals surface area contributed by atoms with E-state index in [4.69, 9.17) is 4.42 Å². The van der Waals surface area contributed by atoms with Gasteiger partial charge in [0, 0.05) is 21.7 Å². The SMILES string of the molecule is O=c1oc2c3c(n(-c4ccccc4)c(=O)c2c(O)c1Sc1cccc(F)c1)-c1cc(F)ccc1CCC3. The molecular formula is C29H19F2NO4S. The molecule has 0 radical (unpaired) electrons. The average molecular weight is 516 g/mol. The van der Waals surface area contributed by atoms with E-state index < -0.39 is 28.6 Å². The molecule has 2 aromatic heterocycles. The molecule has 1 N–H and O–H groups in total. The van der Waals surface area contributed by atoms with E-state index in [2.05, 4.69) is 0 Å². The summed E-state index contributed by atoms with van der Waals surface area (Å²) in [4.78, 5) is 27.3. The molecule has 0 bridgehead atoms. The van der Waals surface area contributed by atoms with Gasteiger partial charge in [0.1, 0.15) is 21.9 Å². The molecule has 0 aliphatic heterocycles. The van der Waals surface area contributed by atoms with Crippen molar-refractivity contribution in [3.63, 3.8) is 0 Å². The summed E-state index contributed by atoms with van der Waals surface area (Å²) in [5.41, 5.74) is 1.43. The third-order valence-corrected chi connectivity index (χ3v) is 7.54. The van der Waals surface area contributed by atoms with E-state index in [-0.39, 0.29) is 15.9 Å². The smallest absolute Gasteiger partial charge is 0.354 e. The normalized spacial score (nSPS) is 12.7. The molecule has 0 saturated carbocycles. The second-order valence-corrected chi connectivity index (χ2v) is 9.87. The van der Waals surface area contributed by atoms with Crippen LogP contribution in [0.1, 0.15) is 17.5 Å². The van der Waals surface area contributed by atoms with Gasteiger partial charge in [-0.2, -0.15) is 0 Å². The highest BCUT2D eigenvalue weighted by molar-refractivity contribution is 7.99. The Kier molecular flexibility index (Phi) is 5.68. The first-order valence-corrected chi connectivity index (χ1v) is 12.5. The van der Waals surface area contributed by atoms with Crippen LogP contribution in [0.25, 0.3) is 27.9 Å². The number of aryl methyl sites for hydroxylation is 2. The van der Waals surface area contributed by atoms with E-state index in [0.29, 0.717) is 46.7 Å². The summed E-state index contributed by atoms with van der Waals surface area (Å²) in [7, 11) is 0. The van der Waals surface area contributed by atoms with Gasteiger partial charge in [-0.3, -0.25) is 9.36 Å². The van der Waals surface area contributed by atoms with E-state index in [1.165, 1.54) is 34.9 Å². The highest BCUT2D eigenvalue weighted by Gasteiger charge is 2.29. The first-order chi connectivity index (χ1) is 17.9. The largest absolute Gasteiger partial charge is 0.505 e. The number of halogens is 2. The second-order valence-electron chi connectivity index (χ2n) is 8.79. The average Bonchev–Trinajstić information content (AvgIpc) is 3.07. The van der Waals surface area contributed by atoms with Crippen LogP contribution in [-0.4, -0.2) is 9.67 Å². The van der Waals surface area contributed by atoms with Gasteiger partial charge in [0.15, 0.2) is 11.3 Å². The maximum atomic E-state index is 14.5. The third-order valence-electron chi connectivity index (χ3n) is 6.49. The van der Waals surface area contributed by atoms with Crippen molar-refractivity contribution in [3.8, 4) is 22.7 Å². The lowest BCUT2D eigenvalue weighted by atomic mass is 9.99. The standard InChI is InChI=1S/C29H19F2NO4S/c30-17-7-5-10-20(14-17)37-27-25(33)23-26(36-29(27)35)21-11-4-6-16-12-13-18(31)15-22(16)24(21)32(28(23)34)19-8-2-1-3-9-19/h1-3,5,7-10,12-15,33H,4,6,11H2. The number of aromatic nitrogens is 1. The molecule has 0 unspecified atom stereocenters. The molecular weight excluding hydrogens is 496 g/mol. The van der Waals surface area contributed by atoms with Crippen LogP contribution < -0.4 is 11.2 Å². The monoisotopic (exact) mass is 515 g/mol. The highest BCUT2D eigenvalue weighted by atomic mass is 32.2. The van der Waals surface area contributed by atoms with Gasteiger partial charge in [0.2, 0.25) is 0 Å². The predicted octanol–water partition coefficient (Wildman–Crippen LogP) is 6.23. The molecule has 8 heteroatoms. The third kappa shape index (κ3) is 3.94. The zero-order valence-electron chi connectivity index (χ0n) is 19.3. The van der Waals surface area contributed by atoms with Gasteiger partial charge in [-0.25, -0.2) is 13.6 Å².